The molecular weight excluding hydrogens is 407 g/mol. The zero-order valence-corrected chi connectivity index (χ0v) is 17.3. The number of rotatable bonds is 4. The van der Waals surface area contributed by atoms with E-state index in [2.05, 4.69) is 4.98 Å². The van der Waals surface area contributed by atoms with Crippen molar-refractivity contribution in [3.05, 3.63) is 53.6 Å². The topological polar surface area (TPSA) is 76.5 Å². The van der Waals surface area contributed by atoms with Crippen LogP contribution >= 0.6 is 0 Å². The van der Waals surface area contributed by atoms with Crippen LogP contribution < -0.4 is 4.74 Å². The van der Waals surface area contributed by atoms with Gasteiger partial charge in [0.2, 0.25) is 5.95 Å². The van der Waals surface area contributed by atoms with E-state index in [0.29, 0.717) is 19.3 Å². The van der Waals surface area contributed by atoms with Gasteiger partial charge in [-0.3, -0.25) is 0 Å². The van der Waals surface area contributed by atoms with Gasteiger partial charge < -0.3 is 9.84 Å². The highest BCUT2D eigenvalue weighted by atomic mass is 32.2. The molecule has 1 aliphatic carbocycles. The van der Waals surface area contributed by atoms with Gasteiger partial charge in [0.15, 0.2) is 21.4 Å². The number of nitrogens with zero attached hydrogens (tertiary/aromatic N) is 1. The van der Waals surface area contributed by atoms with E-state index in [-0.39, 0.29) is 0 Å². The highest BCUT2D eigenvalue weighted by Gasteiger charge is 2.40. The Hall–Kier alpha value is -2.13. The van der Waals surface area contributed by atoms with Crippen LogP contribution in [0.4, 0.5) is 13.2 Å². The van der Waals surface area contributed by atoms with E-state index in [1.165, 1.54) is 13.0 Å². The van der Waals surface area contributed by atoms with E-state index in [4.69, 9.17) is 4.74 Å². The number of hydrogen-bond donors (Lipinski definition) is 1. The number of pyridine rings is 1. The lowest BCUT2D eigenvalue weighted by molar-refractivity contribution is -0.0280. The number of aliphatic hydroxyl groups is 1. The van der Waals surface area contributed by atoms with Crippen molar-refractivity contribution in [3.63, 3.8) is 0 Å². The number of aromatic nitrogens is 1. The molecule has 1 aromatic heterocycles. The molecular formula is C20H24F3NO4S. The van der Waals surface area contributed by atoms with Crippen molar-refractivity contribution in [2.75, 3.05) is 6.26 Å². The summed E-state index contributed by atoms with van der Waals surface area (Å²) in [5, 5.41) is 10.1. The van der Waals surface area contributed by atoms with Crippen LogP contribution in [0.15, 0.2) is 35.4 Å². The second kappa shape index (κ2) is 9.13. The van der Waals surface area contributed by atoms with Crippen LogP contribution in [0.1, 0.15) is 38.7 Å². The van der Waals surface area contributed by atoms with Crippen LogP contribution in [0.5, 0.6) is 5.75 Å². The summed E-state index contributed by atoms with van der Waals surface area (Å²) in [6.45, 7) is 3.54. The van der Waals surface area contributed by atoms with Crippen LogP contribution in [0, 0.1) is 17.6 Å². The standard InChI is InChI=1S/C13H16F2O4S.C7H8FN/c1-13(16)7-3-4-10(13)19-11-8(14)5-6-9(15)12(11)20(2,17)18;1-2-6-3-4-7(8)9-5-6/h5-6,10,16H,3-4,7H2,1-2H3;3-5H,2H2,1H3. The average molecular weight is 431 g/mol. The predicted octanol–water partition coefficient (Wildman–Crippen LogP) is 3.83. The molecule has 0 radical (unpaired) electrons. The molecule has 2 unspecified atom stereocenters. The molecule has 1 fully saturated rings. The Labute approximate surface area is 168 Å². The molecule has 29 heavy (non-hydrogen) atoms. The van der Waals surface area contributed by atoms with Crippen LogP contribution in [-0.2, 0) is 16.3 Å². The fourth-order valence-corrected chi connectivity index (χ4v) is 3.94. The van der Waals surface area contributed by atoms with Gasteiger partial charge in [0.1, 0.15) is 16.8 Å². The third-order valence-corrected chi connectivity index (χ3v) is 5.81. The van der Waals surface area contributed by atoms with Gasteiger partial charge in [0.05, 0.1) is 5.60 Å². The third-order valence-electron chi connectivity index (χ3n) is 4.69. The largest absolute Gasteiger partial charge is 0.483 e. The molecule has 5 nitrogen and oxygen atoms in total. The molecule has 9 heteroatoms. The van der Waals surface area contributed by atoms with Crippen molar-refractivity contribution >= 4 is 9.84 Å². The Kier molecular flexibility index (Phi) is 7.29. The molecule has 2 aromatic rings. The van der Waals surface area contributed by atoms with E-state index in [0.717, 1.165) is 30.4 Å². The van der Waals surface area contributed by atoms with Gasteiger partial charge in [0, 0.05) is 12.5 Å². The first-order valence-electron chi connectivity index (χ1n) is 9.13. The highest BCUT2D eigenvalue weighted by molar-refractivity contribution is 7.90. The molecule has 1 saturated carbocycles. The third kappa shape index (κ3) is 5.93. The summed E-state index contributed by atoms with van der Waals surface area (Å²) >= 11 is 0. The van der Waals surface area contributed by atoms with Crippen LogP contribution in [-0.4, -0.2) is 36.5 Å². The maximum atomic E-state index is 13.8. The summed E-state index contributed by atoms with van der Waals surface area (Å²) in [7, 11) is -3.99. The lowest BCUT2D eigenvalue weighted by Gasteiger charge is -2.27. The molecule has 160 valence electrons. The van der Waals surface area contributed by atoms with Gasteiger partial charge in [-0.2, -0.15) is 4.39 Å². The van der Waals surface area contributed by atoms with Crippen molar-refractivity contribution in [2.45, 2.75) is 56.1 Å². The first-order chi connectivity index (χ1) is 13.5. The SMILES string of the molecule is CC1(O)CCCC1Oc1c(F)ccc(F)c1S(C)(=O)=O.CCc1ccc(F)nc1. The van der Waals surface area contributed by atoms with Crippen molar-refractivity contribution < 1.29 is 31.4 Å². The summed E-state index contributed by atoms with van der Waals surface area (Å²) in [4.78, 5) is 2.68. The van der Waals surface area contributed by atoms with Crippen molar-refractivity contribution in [1.82, 2.24) is 4.98 Å². The second-order valence-electron chi connectivity index (χ2n) is 7.16. The van der Waals surface area contributed by atoms with Crippen LogP contribution in [0.2, 0.25) is 0 Å². The fourth-order valence-electron chi connectivity index (χ4n) is 3.03. The molecule has 1 N–H and O–H groups in total. The van der Waals surface area contributed by atoms with E-state index in [1.54, 1.807) is 12.3 Å². The Morgan fingerprint density at radius 2 is 1.86 bits per heavy atom. The number of halogens is 3. The van der Waals surface area contributed by atoms with Gasteiger partial charge >= 0.3 is 0 Å². The number of hydrogen-bond acceptors (Lipinski definition) is 5. The van der Waals surface area contributed by atoms with E-state index in [1.807, 2.05) is 6.92 Å². The predicted molar refractivity (Wildman–Crippen MR) is 102 cm³/mol. The van der Waals surface area contributed by atoms with Crippen LogP contribution in [0.25, 0.3) is 0 Å². The monoisotopic (exact) mass is 431 g/mol. The number of sulfone groups is 1. The second-order valence-corrected chi connectivity index (χ2v) is 9.11. The van der Waals surface area contributed by atoms with E-state index < -0.39 is 49.8 Å². The van der Waals surface area contributed by atoms with Crippen LogP contribution in [0.3, 0.4) is 0 Å². The van der Waals surface area contributed by atoms with Gasteiger partial charge in [0.25, 0.3) is 0 Å². The minimum atomic E-state index is -3.99. The molecule has 0 aliphatic heterocycles. The van der Waals surface area contributed by atoms with Crippen molar-refractivity contribution in [1.29, 1.82) is 0 Å². The fraction of sp³-hybridized carbons (Fsp3) is 0.450. The molecule has 0 saturated heterocycles. The smallest absolute Gasteiger partial charge is 0.212 e. The maximum absolute atomic E-state index is 13.8. The summed E-state index contributed by atoms with van der Waals surface area (Å²) in [6, 6.07) is 4.66. The molecule has 2 atom stereocenters. The zero-order valence-electron chi connectivity index (χ0n) is 16.5. The Bertz CT molecular complexity index is 947. The quantitative estimate of drug-likeness (QED) is 0.745. The molecule has 1 aliphatic rings. The molecule has 1 aromatic carbocycles. The highest BCUT2D eigenvalue weighted by Crippen LogP contribution is 2.37. The molecule has 3 rings (SSSR count). The summed E-state index contributed by atoms with van der Waals surface area (Å²) in [5.74, 6) is -3.09. The van der Waals surface area contributed by atoms with E-state index in [9.17, 15) is 26.7 Å². The van der Waals surface area contributed by atoms with Crippen molar-refractivity contribution in [3.8, 4) is 5.75 Å². The Morgan fingerprint density at radius 3 is 2.34 bits per heavy atom. The number of aryl methyl sites for hydroxylation is 1. The van der Waals surface area contributed by atoms with Gasteiger partial charge in [-0.25, -0.2) is 22.2 Å². The normalized spacial score (nSPS) is 21.4. The van der Waals surface area contributed by atoms with Crippen molar-refractivity contribution in [2.24, 2.45) is 0 Å². The average Bonchev–Trinajstić information content (AvgIpc) is 2.96. The molecule has 0 spiro atoms. The van der Waals surface area contributed by atoms with Gasteiger partial charge in [-0.15, -0.1) is 0 Å². The lowest BCUT2D eigenvalue weighted by atomic mass is 10.0. The first kappa shape index (κ1) is 23.2. The summed E-state index contributed by atoms with van der Waals surface area (Å²) in [6.07, 6.45) is 4.06. The summed E-state index contributed by atoms with van der Waals surface area (Å²) < 4.78 is 68.2. The number of benzene rings is 1. The number of ether oxygens (including phenoxy) is 1. The zero-order chi connectivity index (χ0) is 21.8. The minimum absolute atomic E-state index is 0.410. The maximum Gasteiger partial charge on any atom is 0.212 e. The first-order valence-corrected chi connectivity index (χ1v) is 11.0. The Morgan fingerprint density at radius 1 is 1.21 bits per heavy atom. The summed E-state index contributed by atoms with van der Waals surface area (Å²) in [5.41, 5.74) is -0.121. The molecule has 0 amide bonds. The lowest BCUT2D eigenvalue weighted by Crippen LogP contribution is -2.38. The van der Waals surface area contributed by atoms with Gasteiger partial charge in [-0.1, -0.05) is 13.0 Å². The Balaban J connectivity index is 0.000000278. The van der Waals surface area contributed by atoms with Gasteiger partial charge in [-0.05, 0) is 56.4 Å². The molecule has 0 bridgehead atoms. The van der Waals surface area contributed by atoms with E-state index >= 15 is 0 Å². The minimum Gasteiger partial charge on any atom is -0.483 e. The molecule has 1 heterocycles.